The zero-order chi connectivity index (χ0) is 14.8. The topological polar surface area (TPSA) is 30.0 Å². The molecular formula is C17H11F2NO. The van der Waals surface area contributed by atoms with Gasteiger partial charge in [0, 0.05) is 29.6 Å². The number of fused-ring (bicyclic) bond motifs is 1. The van der Waals surface area contributed by atoms with Gasteiger partial charge in [0.2, 0.25) is 0 Å². The van der Waals surface area contributed by atoms with Crippen molar-refractivity contribution in [2.24, 2.45) is 0 Å². The van der Waals surface area contributed by atoms with Gasteiger partial charge in [-0.05, 0) is 29.8 Å². The van der Waals surface area contributed by atoms with Crippen molar-refractivity contribution in [1.82, 2.24) is 4.98 Å². The Bertz CT molecular complexity index is 804. The molecular weight excluding hydrogens is 272 g/mol. The Morgan fingerprint density at radius 1 is 1.00 bits per heavy atom. The van der Waals surface area contributed by atoms with Gasteiger partial charge in [-0.1, -0.05) is 18.2 Å². The van der Waals surface area contributed by atoms with Gasteiger partial charge >= 0.3 is 0 Å². The Hall–Kier alpha value is -2.62. The van der Waals surface area contributed by atoms with Gasteiger partial charge in [0.15, 0.2) is 5.78 Å². The number of aromatic nitrogens is 1. The van der Waals surface area contributed by atoms with E-state index in [1.165, 1.54) is 0 Å². The van der Waals surface area contributed by atoms with Crippen LogP contribution >= 0.6 is 0 Å². The third-order valence-corrected chi connectivity index (χ3v) is 3.27. The molecule has 0 aliphatic heterocycles. The minimum atomic E-state index is -0.752. The van der Waals surface area contributed by atoms with Crippen LogP contribution in [0.3, 0.4) is 0 Å². The predicted molar refractivity (Wildman–Crippen MR) is 76.1 cm³/mol. The summed E-state index contributed by atoms with van der Waals surface area (Å²) in [5.41, 5.74) is 1.61. The molecule has 3 aromatic rings. The van der Waals surface area contributed by atoms with E-state index in [0.29, 0.717) is 0 Å². The number of rotatable bonds is 3. The van der Waals surface area contributed by atoms with Crippen molar-refractivity contribution in [3.63, 3.8) is 0 Å². The number of pyridine rings is 1. The van der Waals surface area contributed by atoms with Crippen LogP contribution in [0.4, 0.5) is 8.78 Å². The average molecular weight is 283 g/mol. The van der Waals surface area contributed by atoms with Gasteiger partial charge in [-0.15, -0.1) is 0 Å². The summed E-state index contributed by atoms with van der Waals surface area (Å²) in [5, 5.41) is 0.866. The highest BCUT2D eigenvalue weighted by atomic mass is 19.1. The number of halogens is 2. The van der Waals surface area contributed by atoms with Crippen LogP contribution in [0, 0.1) is 11.6 Å². The van der Waals surface area contributed by atoms with Gasteiger partial charge in [0.1, 0.15) is 11.6 Å². The summed E-state index contributed by atoms with van der Waals surface area (Å²) in [7, 11) is 0. The summed E-state index contributed by atoms with van der Waals surface area (Å²) >= 11 is 0. The highest BCUT2D eigenvalue weighted by molar-refractivity contribution is 5.99. The van der Waals surface area contributed by atoms with E-state index >= 15 is 0 Å². The van der Waals surface area contributed by atoms with E-state index in [-0.39, 0.29) is 17.8 Å². The molecule has 2 nitrogen and oxygen atoms in total. The summed E-state index contributed by atoms with van der Waals surface area (Å²) in [6.07, 6.45) is 1.70. The van der Waals surface area contributed by atoms with Crippen molar-refractivity contribution in [3.8, 4) is 0 Å². The standard InChI is InChI=1S/C17H11F2NO/c18-13-7-12(8-14(19)10-13)17(21)9-11-5-6-20-16-4-2-1-3-15(11)16/h1-8,10H,9H2. The van der Waals surface area contributed by atoms with Gasteiger partial charge < -0.3 is 0 Å². The molecule has 0 aliphatic rings. The van der Waals surface area contributed by atoms with Gasteiger partial charge in [-0.25, -0.2) is 8.78 Å². The number of benzene rings is 2. The molecule has 21 heavy (non-hydrogen) atoms. The van der Waals surface area contributed by atoms with E-state index in [1.807, 2.05) is 24.3 Å². The third-order valence-electron chi connectivity index (χ3n) is 3.27. The zero-order valence-corrected chi connectivity index (χ0v) is 11.0. The second kappa shape index (κ2) is 5.40. The van der Waals surface area contributed by atoms with Crippen LogP contribution in [0.5, 0.6) is 0 Å². The lowest BCUT2D eigenvalue weighted by Gasteiger charge is -2.06. The fourth-order valence-corrected chi connectivity index (χ4v) is 2.30. The molecule has 3 rings (SSSR count). The highest BCUT2D eigenvalue weighted by Gasteiger charge is 2.12. The van der Waals surface area contributed by atoms with Crippen LogP contribution in [0.15, 0.2) is 54.7 Å². The number of ketones is 1. The predicted octanol–water partition coefficient (Wildman–Crippen LogP) is 3.94. The summed E-state index contributed by atoms with van der Waals surface area (Å²) in [5.74, 6) is -1.83. The largest absolute Gasteiger partial charge is 0.294 e. The average Bonchev–Trinajstić information content (AvgIpc) is 2.46. The van der Waals surface area contributed by atoms with Crippen molar-refractivity contribution in [1.29, 1.82) is 0 Å². The van der Waals surface area contributed by atoms with Gasteiger partial charge in [-0.2, -0.15) is 0 Å². The Morgan fingerprint density at radius 3 is 2.48 bits per heavy atom. The summed E-state index contributed by atoms with van der Waals surface area (Å²) in [6.45, 7) is 0. The number of Topliss-reactive ketones (excluding diaryl/α,β-unsaturated/α-hetero) is 1. The number of nitrogens with zero attached hydrogens (tertiary/aromatic N) is 1. The number of hydrogen-bond donors (Lipinski definition) is 0. The number of hydrogen-bond acceptors (Lipinski definition) is 2. The molecule has 0 spiro atoms. The van der Waals surface area contributed by atoms with E-state index in [0.717, 1.165) is 34.7 Å². The first-order chi connectivity index (χ1) is 10.1. The van der Waals surface area contributed by atoms with Crippen LogP contribution in [0.25, 0.3) is 10.9 Å². The maximum Gasteiger partial charge on any atom is 0.167 e. The number of carbonyl (C=O) groups is 1. The van der Waals surface area contributed by atoms with Gasteiger partial charge in [0.05, 0.1) is 5.52 Å². The van der Waals surface area contributed by atoms with Gasteiger partial charge in [-0.3, -0.25) is 9.78 Å². The Kier molecular flexibility index (Phi) is 3.44. The molecule has 0 fully saturated rings. The maximum atomic E-state index is 13.2. The van der Waals surface area contributed by atoms with Crippen molar-refractivity contribution in [2.45, 2.75) is 6.42 Å². The first-order valence-electron chi connectivity index (χ1n) is 6.45. The van der Waals surface area contributed by atoms with Crippen molar-refractivity contribution in [3.05, 3.63) is 77.5 Å². The molecule has 1 heterocycles. The Balaban J connectivity index is 1.96. The van der Waals surface area contributed by atoms with Crippen LogP contribution < -0.4 is 0 Å². The number of carbonyl (C=O) groups excluding carboxylic acids is 1. The summed E-state index contributed by atoms with van der Waals surface area (Å²) in [6, 6.07) is 12.0. The van der Waals surface area contributed by atoms with Crippen LogP contribution in [0.1, 0.15) is 15.9 Å². The summed E-state index contributed by atoms with van der Waals surface area (Å²) in [4.78, 5) is 16.4. The molecule has 0 amide bonds. The fraction of sp³-hybridized carbons (Fsp3) is 0.0588. The normalized spacial score (nSPS) is 10.8. The molecule has 0 bridgehead atoms. The molecule has 0 aliphatic carbocycles. The lowest BCUT2D eigenvalue weighted by Crippen LogP contribution is -2.05. The van der Waals surface area contributed by atoms with Crippen LogP contribution in [0.2, 0.25) is 0 Å². The minimum absolute atomic E-state index is 0.0355. The molecule has 2 aromatic carbocycles. The zero-order valence-electron chi connectivity index (χ0n) is 11.0. The fourth-order valence-electron chi connectivity index (χ4n) is 2.30. The van der Waals surface area contributed by atoms with Crippen molar-refractivity contribution < 1.29 is 13.6 Å². The van der Waals surface area contributed by atoms with Crippen LogP contribution in [-0.2, 0) is 6.42 Å². The minimum Gasteiger partial charge on any atom is -0.294 e. The maximum absolute atomic E-state index is 13.2. The third kappa shape index (κ3) is 2.79. The smallest absolute Gasteiger partial charge is 0.167 e. The van der Waals surface area contributed by atoms with Crippen molar-refractivity contribution >= 4 is 16.7 Å². The molecule has 0 saturated heterocycles. The second-order valence-electron chi connectivity index (χ2n) is 4.75. The second-order valence-corrected chi connectivity index (χ2v) is 4.75. The summed E-state index contributed by atoms with van der Waals surface area (Å²) < 4.78 is 26.4. The molecule has 0 radical (unpaired) electrons. The van der Waals surface area contributed by atoms with Crippen LogP contribution in [-0.4, -0.2) is 10.8 Å². The van der Waals surface area contributed by atoms with E-state index in [9.17, 15) is 13.6 Å². The molecule has 0 unspecified atom stereocenters. The Labute approximate surface area is 120 Å². The SMILES string of the molecule is O=C(Cc1ccnc2ccccc12)c1cc(F)cc(F)c1. The van der Waals surface area contributed by atoms with Crippen molar-refractivity contribution in [2.75, 3.05) is 0 Å². The van der Waals surface area contributed by atoms with E-state index in [1.54, 1.807) is 12.3 Å². The molecule has 0 saturated carbocycles. The van der Waals surface area contributed by atoms with Gasteiger partial charge in [0.25, 0.3) is 0 Å². The molecule has 0 N–H and O–H groups in total. The lowest BCUT2D eigenvalue weighted by atomic mass is 10.00. The van der Waals surface area contributed by atoms with E-state index in [4.69, 9.17) is 0 Å². The molecule has 4 heteroatoms. The molecule has 1 aromatic heterocycles. The monoisotopic (exact) mass is 283 g/mol. The molecule has 0 atom stereocenters. The lowest BCUT2D eigenvalue weighted by molar-refractivity contribution is 0.0992. The van der Waals surface area contributed by atoms with E-state index in [2.05, 4.69) is 4.98 Å². The van der Waals surface area contributed by atoms with E-state index < -0.39 is 11.6 Å². The number of para-hydroxylation sites is 1. The first kappa shape index (κ1) is 13.4. The molecule has 104 valence electrons. The highest BCUT2D eigenvalue weighted by Crippen LogP contribution is 2.19. The first-order valence-corrected chi connectivity index (χ1v) is 6.45. The quantitative estimate of drug-likeness (QED) is 0.681. The Morgan fingerprint density at radius 2 is 1.71 bits per heavy atom.